The zero-order valence-electron chi connectivity index (χ0n) is 10.1. The molecule has 0 saturated heterocycles. The van der Waals surface area contributed by atoms with Crippen molar-refractivity contribution in [3.63, 3.8) is 0 Å². The number of halogens is 2. The highest BCUT2D eigenvalue weighted by atomic mass is 35.5. The minimum atomic E-state index is -1.17. The first-order valence-electron chi connectivity index (χ1n) is 5.58. The highest BCUT2D eigenvalue weighted by molar-refractivity contribution is 6.35. The van der Waals surface area contributed by atoms with Gasteiger partial charge in [0.25, 0.3) is 5.91 Å². The Morgan fingerprint density at radius 2 is 1.75 bits per heavy atom. The van der Waals surface area contributed by atoms with E-state index in [1.165, 1.54) is 24.3 Å². The minimum absolute atomic E-state index is 0.0617. The molecule has 0 atom stereocenters. The lowest BCUT2D eigenvalue weighted by Crippen LogP contribution is -2.15. The molecule has 0 aliphatic rings. The van der Waals surface area contributed by atoms with E-state index in [-0.39, 0.29) is 16.3 Å². The summed E-state index contributed by atoms with van der Waals surface area (Å²) in [6.07, 6.45) is 0. The summed E-state index contributed by atoms with van der Waals surface area (Å²) in [5.74, 6) is -1.66. The molecule has 2 aromatic rings. The first kappa shape index (κ1) is 14.4. The average Bonchev–Trinajstić information content (AvgIpc) is 2.40. The van der Waals surface area contributed by atoms with Crippen molar-refractivity contribution >= 4 is 40.8 Å². The summed E-state index contributed by atoms with van der Waals surface area (Å²) < 4.78 is 0. The summed E-state index contributed by atoms with van der Waals surface area (Å²) >= 11 is 11.7. The van der Waals surface area contributed by atoms with Crippen LogP contribution in [0.15, 0.2) is 42.5 Å². The number of hydrogen-bond donors (Lipinski definition) is 2. The molecule has 0 unspecified atom stereocenters. The molecule has 2 N–H and O–H groups in total. The quantitative estimate of drug-likeness (QED) is 0.902. The van der Waals surface area contributed by atoms with Crippen LogP contribution < -0.4 is 5.32 Å². The summed E-state index contributed by atoms with van der Waals surface area (Å²) in [6, 6.07) is 10.7. The molecule has 0 bridgehead atoms. The van der Waals surface area contributed by atoms with Gasteiger partial charge in [-0.25, -0.2) is 4.79 Å². The molecule has 0 fully saturated rings. The van der Waals surface area contributed by atoms with Crippen molar-refractivity contribution in [2.75, 3.05) is 5.32 Å². The van der Waals surface area contributed by atoms with Gasteiger partial charge in [-0.1, -0.05) is 35.3 Å². The van der Waals surface area contributed by atoms with E-state index in [0.29, 0.717) is 10.6 Å². The van der Waals surface area contributed by atoms with Crippen molar-refractivity contribution in [2.24, 2.45) is 0 Å². The number of benzene rings is 2. The summed E-state index contributed by atoms with van der Waals surface area (Å²) in [5, 5.41) is 12.1. The number of hydrogen-bond acceptors (Lipinski definition) is 2. The van der Waals surface area contributed by atoms with E-state index in [0.717, 1.165) is 0 Å². The van der Waals surface area contributed by atoms with Crippen molar-refractivity contribution in [3.8, 4) is 0 Å². The molecule has 0 spiro atoms. The Morgan fingerprint density at radius 1 is 1.05 bits per heavy atom. The van der Waals surface area contributed by atoms with E-state index >= 15 is 0 Å². The molecule has 6 heteroatoms. The number of aromatic carboxylic acids is 1. The van der Waals surface area contributed by atoms with Crippen molar-refractivity contribution in [1.82, 2.24) is 0 Å². The number of carbonyl (C=O) groups is 2. The molecule has 0 aliphatic heterocycles. The maximum atomic E-state index is 12.1. The van der Waals surface area contributed by atoms with Gasteiger partial charge < -0.3 is 10.4 Å². The SMILES string of the molecule is O=C(Nc1c(Cl)cccc1C(=O)O)c1cccc(Cl)c1. The molecule has 2 rings (SSSR count). The maximum Gasteiger partial charge on any atom is 0.337 e. The molecule has 0 heterocycles. The van der Waals surface area contributed by atoms with Crippen LogP contribution in [0.4, 0.5) is 5.69 Å². The molecule has 0 aliphatic carbocycles. The number of carboxylic acids is 1. The summed E-state index contributed by atoms with van der Waals surface area (Å²) in [4.78, 5) is 23.2. The van der Waals surface area contributed by atoms with Crippen LogP contribution >= 0.6 is 23.2 Å². The van der Waals surface area contributed by atoms with Crippen molar-refractivity contribution in [1.29, 1.82) is 0 Å². The average molecular weight is 310 g/mol. The fraction of sp³-hybridized carbons (Fsp3) is 0. The third kappa shape index (κ3) is 3.10. The van der Waals surface area contributed by atoms with Crippen LogP contribution in [0.5, 0.6) is 0 Å². The number of rotatable bonds is 3. The molecule has 0 saturated carbocycles. The van der Waals surface area contributed by atoms with E-state index in [2.05, 4.69) is 5.32 Å². The highest BCUT2D eigenvalue weighted by Gasteiger charge is 2.16. The van der Waals surface area contributed by atoms with Crippen molar-refractivity contribution in [3.05, 3.63) is 63.6 Å². The monoisotopic (exact) mass is 309 g/mol. The molecular weight excluding hydrogens is 301 g/mol. The number of anilines is 1. The molecule has 0 aromatic heterocycles. The number of nitrogens with one attached hydrogen (secondary N) is 1. The predicted molar refractivity (Wildman–Crippen MR) is 77.8 cm³/mol. The largest absolute Gasteiger partial charge is 0.478 e. The van der Waals surface area contributed by atoms with Gasteiger partial charge in [0.15, 0.2) is 0 Å². The van der Waals surface area contributed by atoms with Gasteiger partial charge in [-0.05, 0) is 30.3 Å². The zero-order chi connectivity index (χ0) is 14.7. The summed E-state index contributed by atoms with van der Waals surface area (Å²) in [5.41, 5.74) is 0.299. The summed E-state index contributed by atoms with van der Waals surface area (Å²) in [7, 11) is 0. The fourth-order valence-electron chi connectivity index (χ4n) is 1.64. The smallest absolute Gasteiger partial charge is 0.337 e. The van der Waals surface area contributed by atoms with Crippen molar-refractivity contribution < 1.29 is 14.7 Å². The molecular formula is C14H9Cl2NO3. The Kier molecular flexibility index (Phi) is 4.27. The van der Waals surface area contributed by atoms with E-state index in [9.17, 15) is 9.59 Å². The Bertz CT molecular complexity index is 686. The van der Waals surface area contributed by atoms with Gasteiger partial charge in [-0.15, -0.1) is 0 Å². The van der Waals surface area contributed by atoms with Crippen LogP contribution in [0.3, 0.4) is 0 Å². The molecule has 102 valence electrons. The lowest BCUT2D eigenvalue weighted by molar-refractivity contribution is 0.0698. The van der Waals surface area contributed by atoms with Gasteiger partial charge in [-0.2, -0.15) is 0 Å². The molecule has 1 amide bonds. The second-order valence-electron chi connectivity index (χ2n) is 3.93. The first-order chi connectivity index (χ1) is 9.49. The molecule has 20 heavy (non-hydrogen) atoms. The van der Waals surface area contributed by atoms with Crippen LogP contribution in [-0.4, -0.2) is 17.0 Å². The number of amides is 1. The lowest BCUT2D eigenvalue weighted by Gasteiger charge is -2.10. The second-order valence-corrected chi connectivity index (χ2v) is 4.78. The number of carbonyl (C=O) groups excluding carboxylic acids is 1. The number of carboxylic acid groups (broad SMARTS) is 1. The minimum Gasteiger partial charge on any atom is -0.478 e. The van der Waals surface area contributed by atoms with Gasteiger partial charge in [0.2, 0.25) is 0 Å². The lowest BCUT2D eigenvalue weighted by atomic mass is 10.1. The Hall–Kier alpha value is -2.04. The normalized spacial score (nSPS) is 10.1. The maximum absolute atomic E-state index is 12.1. The van der Waals surface area contributed by atoms with E-state index in [4.69, 9.17) is 28.3 Å². The van der Waals surface area contributed by atoms with Crippen LogP contribution in [0.25, 0.3) is 0 Å². The van der Waals surface area contributed by atoms with Crippen LogP contribution in [0, 0.1) is 0 Å². The Labute approximate surface area is 124 Å². The van der Waals surface area contributed by atoms with Crippen LogP contribution in [0.2, 0.25) is 10.0 Å². The van der Waals surface area contributed by atoms with E-state index in [1.807, 2.05) is 0 Å². The summed E-state index contributed by atoms with van der Waals surface area (Å²) in [6.45, 7) is 0. The topological polar surface area (TPSA) is 66.4 Å². The van der Waals surface area contributed by atoms with Crippen LogP contribution in [0.1, 0.15) is 20.7 Å². The van der Waals surface area contributed by atoms with E-state index < -0.39 is 11.9 Å². The van der Waals surface area contributed by atoms with Crippen LogP contribution in [-0.2, 0) is 0 Å². The predicted octanol–water partition coefficient (Wildman–Crippen LogP) is 3.94. The highest BCUT2D eigenvalue weighted by Crippen LogP contribution is 2.26. The molecule has 2 aromatic carbocycles. The molecule has 0 radical (unpaired) electrons. The van der Waals surface area contributed by atoms with Gasteiger partial charge in [0.05, 0.1) is 16.3 Å². The first-order valence-corrected chi connectivity index (χ1v) is 6.33. The Balaban J connectivity index is 2.35. The fourth-order valence-corrected chi connectivity index (χ4v) is 2.06. The second kappa shape index (κ2) is 5.94. The standard InChI is InChI=1S/C14H9Cl2NO3/c15-9-4-1-3-8(7-9)13(18)17-12-10(14(19)20)5-2-6-11(12)16/h1-7H,(H,17,18)(H,19,20). The Morgan fingerprint density at radius 3 is 2.40 bits per heavy atom. The third-order valence-corrected chi connectivity index (χ3v) is 3.12. The van der Waals surface area contributed by atoms with Gasteiger partial charge in [0, 0.05) is 10.6 Å². The van der Waals surface area contributed by atoms with E-state index in [1.54, 1.807) is 18.2 Å². The van der Waals surface area contributed by atoms with Gasteiger partial charge in [0.1, 0.15) is 0 Å². The molecule has 4 nitrogen and oxygen atoms in total. The van der Waals surface area contributed by atoms with Gasteiger partial charge >= 0.3 is 5.97 Å². The number of para-hydroxylation sites is 1. The third-order valence-electron chi connectivity index (χ3n) is 2.57. The van der Waals surface area contributed by atoms with Crippen molar-refractivity contribution in [2.45, 2.75) is 0 Å². The van der Waals surface area contributed by atoms with Gasteiger partial charge in [-0.3, -0.25) is 4.79 Å². The zero-order valence-corrected chi connectivity index (χ0v) is 11.6.